The summed E-state index contributed by atoms with van der Waals surface area (Å²) in [6.45, 7) is 1.61. The maximum absolute atomic E-state index is 13.5. The monoisotopic (exact) mass is 317 g/mol. The second kappa shape index (κ2) is 8.05. The Morgan fingerprint density at radius 1 is 1.44 bits per heavy atom. The molecule has 2 N–H and O–H groups in total. The standard InChI is InChI=1S/C12H17BrFN3O/c1-15-12(16-5-6-18-2)17-8-9-7-10(13)3-4-11(9)14/h3-4,7H,5-6,8H2,1-2H3,(H2,15,16,17). The van der Waals surface area contributed by atoms with E-state index in [2.05, 4.69) is 31.6 Å². The molecule has 0 spiro atoms. The Kier molecular flexibility index (Phi) is 6.67. The normalized spacial score (nSPS) is 11.4. The minimum Gasteiger partial charge on any atom is -0.383 e. The van der Waals surface area contributed by atoms with Gasteiger partial charge in [-0.25, -0.2) is 4.39 Å². The van der Waals surface area contributed by atoms with Crippen molar-refractivity contribution >= 4 is 21.9 Å². The van der Waals surface area contributed by atoms with E-state index in [4.69, 9.17) is 4.74 Å². The van der Waals surface area contributed by atoms with Crippen LogP contribution in [0.15, 0.2) is 27.7 Å². The van der Waals surface area contributed by atoms with E-state index in [9.17, 15) is 4.39 Å². The molecule has 1 aromatic carbocycles. The topological polar surface area (TPSA) is 45.7 Å². The van der Waals surface area contributed by atoms with E-state index < -0.39 is 0 Å². The highest BCUT2D eigenvalue weighted by Crippen LogP contribution is 2.15. The first kappa shape index (κ1) is 14.9. The van der Waals surface area contributed by atoms with E-state index in [1.807, 2.05) is 0 Å². The Labute approximate surface area is 115 Å². The lowest BCUT2D eigenvalue weighted by Crippen LogP contribution is -2.38. The van der Waals surface area contributed by atoms with Gasteiger partial charge in [0.1, 0.15) is 5.82 Å². The largest absolute Gasteiger partial charge is 0.383 e. The van der Waals surface area contributed by atoms with Gasteiger partial charge in [-0.2, -0.15) is 0 Å². The third-order valence-electron chi connectivity index (χ3n) is 2.28. The Morgan fingerprint density at radius 2 is 2.22 bits per heavy atom. The van der Waals surface area contributed by atoms with Crippen LogP contribution in [0.4, 0.5) is 4.39 Å². The summed E-state index contributed by atoms with van der Waals surface area (Å²) in [5.41, 5.74) is 0.582. The van der Waals surface area contributed by atoms with E-state index in [1.165, 1.54) is 6.07 Å². The van der Waals surface area contributed by atoms with Gasteiger partial charge in [0.25, 0.3) is 0 Å². The number of methoxy groups -OCH3 is 1. The predicted octanol–water partition coefficient (Wildman–Crippen LogP) is 1.90. The van der Waals surface area contributed by atoms with Gasteiger partial charge in [-0.3, -0.25) is 4.99 Å². The van der Waals surface area contributed by atoms with E-state index in [-0.39, 0.29) is 5.82 Å². The summed E-state index contributed by atoms with van der Waals surface area (Å²) in [6, 6.07) is 4.84. The fraction of sp³-hybridized carbons (Fsp3) is 0.417. The van der Waals surface area contributed by atoms with Crippen molar-refractivity contribution in [2.75, 3.05) is 27.3 Å². The molecule has 0 amide bonds. The minimum atomic E-state index is -0.238. The molecule has 0 heterocycles. The number of aliphatic imine (C=N–C) groups is 1. The van der Waals surface area contributed by atoms with Gasteiger partial charge in [0.05, 0.1) is 6.61 Å². The number of hydrogen-bond acceptors (Lipinski definition) is 2. The molecule has 0 saturated heterocycles. The number of guanidine groups is 1. The van der Waals surface area contributed by atoms with Gasteiger partial charge in [-0.15, -0.1) is 0 Å². The first-order valence-corrected chi connectivity index (χ1v) is 6.34. The van der Waals surface area contributed by atoms with E-state index in [1.54, 1.807) is 26.3 Å². The van der Waals surface area contributed by atoms with Gasteiger partial charge < -0.3 is 15.4 Å². The summed E-state index contributed by atoms with van der Waals surface area (Å²) >= 11 is 3.31. The van der Waals surface area contributed by atoms with Crippen molar-refractivity contribution in [1.29, 1.82) is 0 Å². The molecule has 0 aromatic heterocycles. The molecule has 0 atom stereocenters. The molecule has 0 aliphatic rings. The molecule has 0 unspecified atom stereocenters. The second-order valence-electron chi connectivity index (χ2n) is 3.58. The SMILES string of the molecule is CN=C(NCCOC)NCc1cc(Br)ccc1F. The molecule has 0 aliphatic carbocycles. The highest BCUT2D eigenvalue weighted by molar-refractivity contribution is 9.10. The maximum Gasteiger partial charge on any atom is 0.191 e. The maximum atomic E-state index is 13.5. The molecule has 0 bridgehead atoms. The fourth-order valence-electron chi connectivity index (χ4n) is 1.35. The summed E-state index contributed by atoms with van der Waals surface area (Å²) in [7, 11) is 3.30. The lowest BCUT2D eigenvalue weighted by atomic mass is 10.2. The van der Waals surface area contributed by atoms with Gasteiger partial charge in [0.2, 0.25) is 0 Å². The van der Waals surface area contributed by atoms with Crippen LogP contribution in [0, 0.1) is 5.82 Å². The number of hydrogen-bond donors (Lipinski definition) is 2. The van der Waals surface area contributed by atoms with Crippen molar-refractivity contribution in [3.63, 3.8) is 0 Å². The third-order valence-corrected chi connectivity index (χ3v) is 2.77. The van der Waals surface area contributed by atoms with Crippen LogP contribution in [0.3, 0.4) is 0 Å². The fourth-order valence-corrected chi connectivity index (χ4v) is 1.76. The second-order valence-corrected chi connectivity index (χ2v) is 4.50. The molecule has 0 fully saturated rings. The van der Waals surface area contributed by atoms with Crippen LogP contribution in [-0.2, 0) is 11.3 Å². The molecule has 0 aliphatic heterocycles. The van der Waals surface area contributed by atoms with Crippen LogP contribution in [0.5, 0.6) is 0 Å². The van der Waals surface area contributed by atoms with Crippen molar-refractivity contribution < 1.29 is 9.13 Å². The summed E-state index contributed by atoms with van der Waals surface area (Å²) in [5, 5.41) is 6.09. The molecule has 4 nitrogen and oxygen atoms in total. The predicted molar refractivity (Wildman–Crippen MR) is 74.2 cm³/mol. The van der Waals surface area contributed by atoms with Crippen molar-refractivity contribution in [2.24, 2.45) is 4.99 Å². The molecule has 1 aromatic rings. The number of nitrogens with one attached hydrogen (secondary N) is 2. The lowest BCUT2D eigenvalue weighted by Gasteiger charge is -2.12. The number of benzene rings is 1. The van der Waals surface area contributed by atoms with Crippen LogP contribution >= 0.6 is 15.9 Å². The summed E-state index contributed by atoms with van der Waals surface area (Å²) in [6.07, 6.45) is 0. The van der Waals surface area contributed by atoms with Crippen molar-refractivity contribution in [3.8, 4) is 0 Å². The van der Waals surface area contributed by atoms with Crippen molar-refractivity contribution in [1.82, 2.24) is 10.6 Å². The molecule has 6 heteroatoms. The Balaban J connectivity index is 2.49. The highest BCUT2D eigenvalue weighted by Gasteiger charge is 2.04. The van der Waals surface area contributed by atoms with E-state index >= 15 is 0 Å². The van der Waals surface area contributed by atoms with Gasteiger partial charge in [-0.05, 0) is 18.2 Å². The van der Waals surface area contributed by atoms with E-state index in [0.29, 0.717) is 31.2 Å². The highest BCUT2D eigenvalue weighted by atomic mass is 79.9. The molecule has 1 rings (SSSR count). The molecular weight excluding hydrogens is 301 g/mol. The molecule has 0 saturated carbocycles. The lowest BCUT2D eigenvalue weighted by molar-refractivity contribution is 0.203. The summed E-state index contributed by atoms with van der Waals surface area (Å²) < 4.78 is 19.3. The van der Waals surface area contributed by atoms with Crippen LogP contribution in [0.1, 0.15) is 5.56 Å². The van der Waals surface area contributed by atoms with E-state index in [0.717, 1.165) is 4.47 Å². The smallest absolute Gasteiger partial charge is 0.191 e. The zero-order valence-electron chi connectivity index (χ0n) is 10.5. The first-order valence-electron chi connectivity index (χ1n) is 5.54. The third kappa shape index (κ3) is 5.01. The van der Waals surface area contributed by atoms with Crippen LogP contribution in [0.2, 0.25) is 0 Å². The molecule has 100 valence electrons. The van der Waals surface area contributed by atoms with Gasteiger partial charge in [0.15, 0.2) is 5.96 Å². The molecule has 0 radical (unpaired) electrons. The average molecular weight is 318 g/mol. The van der Waals surface area contributed by atoms with Crippen molar-refractivity contribution in [3.05, 3.63) is 34.1 Å². The summed E-state index contributed by atoms with van der Waals surface area (Å²) in [5.74, 6) is 0.379. The number of rotatable bonds is 5. The van der Waals surface area contributed by atoms with Crippen molar-refractivity contribution in [2.45, 2.75) is 6.54 Å². The van der Waals surface area contributed by atoms with Crippen LogP contribution in [0.25, 0.3) is 0 Å². The minimum absolute atomic E-state index is 0.238. The number of ether oxygens (including phenoxy) is 1. The van der Waals surface area contributed by atoms with Gasteiger partial charge in [-0.1, -0.05) is 15.9 Å². The average Bonchev–Trinajstić information content (AvgIpc) is 2.37. The first-order chi connectivity index (χ1) is 8.67. The molecule has 18 heavy (non-hydrogen) atoms. The zero-order chi connectivity index (χ0) is 13.4. The Bertz CT molecular complexity index is 412. The quantitative estimate of drug-likeness (QED) is 0.495. The molecular formula is C12H17BrFN3O. The Hall–Kier alpha value is -1.14. The summed E-state index contributed by atoms with van der Waals surface area (Å²) in [4.78, 5) is 4.03. The Morgan fingerprint density at radius 3 is 2.89 bits per heavy atom. The van der Waals surface area contributed by atoms with Gasteiger partial charge in [0, 0.05) is 37.3 Å². The number of nitrogens with zero attached hydrogens (tertiary/aromatic N) is 1. The van der Waals surface area contributed by atoms with Gasteiger partial charge >= 0.3 is 0 Å². The zero-order valence-corrected chi connectivity index (χ0v) is 12.1. The van der Waals surface area contributed by atoms with Crippen LogP contribution < -0.4 is 10.6 Å². The van der Waals surface area contributed by atoms with Crippen LogP contribution in [-0.4, -0.2) is 33.3 Å². The number of halogens is 2.